The molecule has 0 N–H and O–H groups in total. The first-order valence-electron chi connectivity index (χ1n) is 9.23. The molecule has 5 aromatic rings. The second-order valence-corrected chi connectivity index (χ2v) is 6.46. The van der Waals surface area contributed by atoms with Gasteiger partial charge in [-0.3, -0.25) is 20.1 Å². The number of pyridine rings is 2. The number of aromatic nitrogens is 4. The first-order valence-corrected chi connectivity index (χ1v) is 9.23. The quantitative estimate of drug-likeness (QED) is 0.291. The minimum Gasteiger partial charge on any atom is -0.431 e. The van der Waals surface area contributed by atoms with Crippen LogP contribution in [0.4, 0.5) is 5.69 Å². The highest BCUT2D eigenvalue weighted by Crippen LogP contribution is 2.39. The van der Waals surface area contributed by atoms with Crippen molar-refractivity contribution in [3.8, 4) is 23.3 Å². The van der Waals surface area contributed by atoms with E-state index in [9.17, 15) is 10.1 Å². The summed E-state index contributed by atoms with van der Waals surface area (Å²) in [7, 11) is 0. The zero-order chi connectivity index (χ0) is 21.2. The second kappa shape index (κ2) is 7.64. The summed E-state index contributed by atoms with van der Waals surface area (Å²) in [6.07, 6.45) is 4.38. The van der Waals surface area contributed by atoms with Gasteiger partial charge in [0.1, 0.15) is 17.4 Å². The van der Waals surface area contributed by atoms with Crippen LogP contribution in [0.25, 0.3) is 21.8 Å². The van der Waals surface area contributed by atoms with Gasteiger partial charge < -0.3 is 9.47 Å². The summed E-state index contributed by atoms with van der Waals surface area (Å²) < 4.78 is 11.6. The van der Waals surface area contributed by atoms with Crippen LogP contribution < -0.4 is 9.47 Å². The van der Waals surface area contributed by atoms with E-state index in [4.69, 9.17) is 9.47 Å². The first kappa shape index (κ1) is 18.4. The topological polar surface area (TPSA) is 113 Å². The minimum atomic E-state index is -0.637. The third kappa shape index (κ3) is 3.44. The fraction of sp³-hybridized carbons (Fsp3) is 0. The SMILES string of the molecule is O=[N+]([O-])c1c(Oc2cccc3cccnc23)ncnc1Oc1cccc2cccnc12. The molecule has 0 atom stereocenters. The van der Waals surface area contributed by atoms with Gasteiger partial charge >= 0.3 is 17.4 Å². The van der Waals surface area contributed by atoms with Gasteiger partial charge in [-0.25, -0.2) is 0 Å². The Morgan fingerprint density at radius 2 is 1.16 bits per heavy atom. The number of rotatable bonds is 5. The average Bonchev–Trinajstić information content (AvgIpc) is 2.79. The van der Waals surface area contributed by atoms with Crippen molar-refractivity contribution >= 4 is 27.5 Å². The Labute approximate surface area is 175 Å². The van der Waals surface area contributed by atoms with E-state index in [1.54, 1.807) is 48.8 Å². The Morgan fingerprint density at radius 3 is 1.65 bits per heavy atom. The Balaban J connectivity index is 1.59. The molecule has 9 heteroatoms. The molecule has 3 aromatic heterocycles. The van der Waals surface area contributed by atoms with Crippen LogP contribution in [0.2, 0.25) is 0 Å². The van der Waals surface area contributed by atoms with E-state index >= 15 is 0 Å². The van der Waals surface area contributed by atoms with Crippen LogP contribution in [0, 0.1) is 10.1 Å². The predicted octanol–water partition coefficient (Wildman–Crippen LogP) is 5.07. The summed E-state index contributed by atoms with van der Waals surface area (Å²) >= 11 is 0. The maximum Gasteiger partial charge on any atom is 0.393 e. The Bertz CT molecular complexity index is 1330. The van der Waals surface area contributed by atoms with Crippen molar-refractivity contribution in [2.75, 3.05) is 0 Å². The van der Waals surface area contributed by atoms with Crippen molar-refractivity contribution < 1.29 is 14.4 Å². The molecule has 5 rings (SSSR count). The number of fused-ring (bicyclic) bond motifs is 2. The number of benzene rings is 2. The molecule has 150 valence electrons. The second-order valence-electron chi connectivity index (χ2n) is 6.46. The zero-order valence-electron chi connectivity index (χ0n) is 15.9. The maximum absolute atomic E-state index is 11.9. The normalized spacial score (nSPS) is 10.8. The van der Waals surface area contributed by atoms with Crippen LogP contribution in [0.3, 0.4) is 0 Å². The number of ether oxygens (including phenoxy) is 2. The van der Waals surface area contributed by atoms with Crippen molar-refractivity contribution in [3.05, 3.63) is 89.5 Å². The lowest BCUT2D eigenvalue weighted by molar-refractivity contribution is -0.387. The van der Waals surface area contributed by atoms with E-state index in [1.807, 2.05) is 24.3 Å². The lowest BCUT2D eigenvalue weighted by Gasteiger charge is -2.10. The van der Waals surface area contributed by atoms with Crippen LogP contribution >= 0.6 is 0 Å². The predicted molar refractivity (Wildman–Crippen MR) is 112 cm³/mol. The lowest BCUT2D eigenvalue weighted by atomic mass is 10.2. The van der Waals surface area contributed by atoms with Gasteiger partial charge in [0.25, 0.3) is 0 Å². The third-order valence-electron chi connectivity index (χ3n) is 4.54. The molecule has 0 aliphatic heterocycles. The van der Waals surface area contributed by atoms with E-state index < -0.39 is 10.6 Å². The smallest absolute Gasteiger partial charge is 0.393 e. The van der Waals surface area contributed by atoms with Gasteiger partial charge in [-0.2, -0.15) is 9.97 Å². The minimum absolute atomic E-state index is 0.249. The van der Waals surface area contributed by atoms with Crippen molar-refractivity contribution in [1.82, 2.24) is 19.9 Å². The summed E-state index contributed by atoms with van der Waals surface area (Å²) in [6, 6.07) is 17.9. The van der Waals surface area contributed by atoms with Crippen molar-refractivity contribution in [1.29, 1.82) is 0 Å². The molecule has 3 heterocycles. The summed E-state index contributed by atoms with van der Waals surface area (Å²) in [5.41, 5.74) is 0.612. The van der Waals surface area contributed by atoms with E-state index in [2.05, 4.69) is 19.9 Å². The summed E-state index contributed by atoms with van der Waals surface area (Å²) in [4.78, 5) is 27.8. The van der Waals surface area contributed by atoms with Crippen molar-refractivity contribution in [2.45, 2.75) is 0 Å². The fourth-order valence-corrected chi connectivity index (χ4v) is 3.18. The molecule has 9 nitrogen and oxygen atoms in total. The highest BCUT2D eigenvalue weighted by molar-refractivity contribution is 5.85. The van der Waals surface area contributed by atoms with E-state index in [0.717, 1.165) is 17.1 Å². The van der Waals surface area contributed by atoms with Crippen LogP contribution in [0.5, 0.6) is 23.3 Å². The van der Waals surface area contributed by atoms with Gasteiger partial charge in [0.2, 0.25) is 0 Å². The first-order chi connectivity index (χ1) is 15.2. The molecule has 0 amide bonds. The lowest BCUT2D eigenvalue weighted by Crippen LogP contribution is -2.02. The van der Waals surface area contributed by atoms with Gasteiger partial charge in [-0.05, 0) is 24.3 Å². The largest absolute Gasteiger partial charge is 0.431 e. The van der Waals surface area contributed by atoms with Gasteiger partial charge in [-0.1, -0.05) is 36.4 Å². The molecular weight excluding hydrogens is 398 g/mol. The summed E-state index contributed by atoms with van der Waals surface area (Å²) in [5.74, 6) is 0.165. The number of para-hydroxylation sites is 2. The average molecular weight is 411 g/mol. The summed E-state index contributed by atoms with van der Waals surface area (Å²) in [6.45, 7) is 0. The molecule has 0 radical (unpaired) electrons. The molecule has 0 saturated carbocycles. The van der Waals surface area contributed by atoms with Crippen LogP contribution in [-0.4, -0.2) is 24.9 Å². The molecule has 0 saturated heterocycles. The van der Waals surface area contributed by atoms with E-state index in [1.165, 1.54) is 0 Å². The Kier molecular flexibility index (Phi) is 4.53. The molecule has 0 spiro atoms. The fourth-order valence-electron chi connectivity index (χ4n) is 3.18. The molecule has 2 aromatic carbocycles. The molecule has 0 unspecified atom stereocenters. The molecule has 0 fully saturated rings. The molecule has 0 bridgehead atoms. The zero-order valence-corrected chi connectivity index (χ0v) is 15.9. The number of nitro groups is 1. The highest BCUT2D eigenvalue weighted by atomic mass is 16.6. The van der Waals surface area contributed by atoms with Gasteiger partial charge in [0.15, 0.2) is 11.5 Å². The maximum atomic E-state index is 11.9. The Morgan fingerprint density at radius 1 is 0.677 bits per heavy atom. The van der Waals surface area contributed by atoms with E-state index in [0.29, 0.717) is 22.5 Å². The number of hydrogen-bond acceptors (Lipinski definition) is 8. The van der Waals surface area contributed by atoms with Crippen LogP contribution in [-0.2, 0) is 0 Å². The van der Waals surface area contributed by atoms with E-state index in [-0.39, 0.29) is 11.8 Å². The molecule has 0 aliphatic rings. The van der Waals surface area contributed by atoms with Crippen LogP contribution in [0.1, 0.15) is 0 Å². The standard InChI is InChI=1S/C22H13N5O4/c28-27(29)20-21(30-16-9-1-5-14-7-3-11-23-18(14)16)25-13-26-22(20)31-17-10-2-6-15-8-4-12-24-19(15)17/h1-13H. The number of nitrogens with zero attached hydrogens (tertiary/aromatic N) is 5. The van der Waals surface area contributed by atoms with Gasteiger partial charge in [0.05, 0.1) is 4.92 Å². The molecular formula is C22H13N5O4. The van der Waals surface area contributed by atoms with Gasteiger partial charge in [0, 0.05) is 23.2 Å². The van der Waals surface area contributed by atoms with Gasteiger partial charge in [-0.15, -0.1) is 0 Å². The summed E-state index contributed by atoms with van der Waals surface area (Å²) in [5, 5.41) is 13.5. The van der Waals surface area contributed by atoms with Crippen molar-refractivity contribution in [2.24, 2.45) is 0 Å². The molecule has 0 aliphatic carbocycles. The monoisotopic (exact) mass is 411 g/mol. The number of hydrogen-bond donors (Lipinski definition) is 0. The highest BCUT2D eigenvalue weighted by Gasteiger charge is 2.28. The third-order valence-corrected chi connectivity index (χ3v) is 4.54. The van der Waals surface area contributed by atoms with Crippen molar-refractivity contribution in [3.63, 3.8) is 0 Å². The Hall–Kier alpha value is -4.66. The molecule has 31 heavy (non-hydrogen) atoms. The van der Waals surface area contributed by atoms with Crippen LogP contribution in [0.15, 0.2) is 79.4 Å².